The molecule has 0 heterocycles. The molecule has 0 bridgehead atoms. The van der Waals surface area contributed by atoms with Crippen molar-refractivity contribution in [2.24, 2.45) is 0 Å². The molecule has 0 spiro atoms. The van der Waals surface area contributed by atoms with E-state index in [1.807, 2.05) is 31.2 Å². The summed E-state index contributed by atoms with van der Waals surface area (Å²) in [6.07, 6.45) is 1.65. The molecule has 2 N–H and O–H groups in total. The molecule has 0 atom stereocenters. The smallest absolute Gasteiger partial charge is 0.272 e. The van der Waals surface area contributed by atoms with E-state index in [9.17, 15) is 9.59 Å². The third kappa shape index (κ3) is 4.97. The Morgan fingerprint density at radius 2 is 1.70 bits per heavy atom. The van der Waals surface area contributed by atoms with Crippen molar-refractivity contribution < 1.29 is 9.59 Å². The van der Waals surface area contributed by atoms with Crippen LogP contribution >= 0.6 is 11.6 Å². The Balaban J connectivity index is 2.27. The first-order valence-corrected chi connectivity index (χ1v) is 7.45. The molecular weight excluding hydrogens is 312 g/mol. The lowest BCUT2D eigenvalue weighted by Crippen LogP contribution is -2.29. The van der Waals surface area contributed by atoms with Crippen molar-refractivity contribution in [1.82, 2.24) is 5.32 Å². The molecule has 2 rings (SSSR count). The van der Waals surface area contributed by atoms with Crippen LogP contribution in [0.5, 0.6) is 0 Å². The zero-order chi connectivity index (χ0) is 16.8. The van der Waals surface area contributed by atoms with E-state index in [2.05, 4.69) is 10.6 Å². The fourth-order valence-corrected chi connectivity index (χ4v) is 2.11. The molecule has 0 saturated carbocycles. The molecule has 5 heteroatoms. The third-order valence-electron chi connectivity index (χ3n) is 3.15. The molecule has 0 saturated heterocycles. The van der Waals surface area contributed by atoms with Gasteiger partial charge in [-0.05, 0) is 48.4 Å². The number of carbonyl (C=O) groups excluding carboxylic acids is 2. The summed E-state index contributed by atoms with van der Waals surface area (Å²) >= 11 is 5.82. The van der Waals surface area contributed by atoms with Gasteiger partial charge in [-0.15, -0.1) is 0 Å². The van der Waals surface area contributed by atoms with Crippen molar-refractivity contribution in [2.75, 3.05) is 5.32 Å². The molecule has 0 unspecified atom stereocenters. The van der Waals surface area contributed by atoms with Crippen LogP contribution in [0.1, 0.15) is 18.1 Å². The minimum absolute atomic E-state index is 0.182. The van der Waals surface area contributed by atoms with Crippen molar-refractivity contribution >= 4 is 35.2 Å². The van der Waals surface area contributed by atoms with Gasteiger partial charge < -0.3 is 10.6 Å². The summed E-state index contributed by atoms with van der Waals surface area (Å²) in [4.78, 5) is 23.8. The van der Waals surface area contributed by atoms with Crippen LogP contribution in [0.25, 0.3) is 6.08 Å². The number of hydrogen-bond acceptors (Lipinski definition) is 2. The second-order valence-corrected chi connectivity index (χ2v) is 5.49. The maximum atomic E-state index is 12.4. The van der Waals surface area contributed by atoms with Crippen LogP contribution in [0.2, 0.25) is 5.02 Å². The van der Waals surface area contributed by atoms with Gasteiger partial charge in [-0.1, -0.05) is 35.9 Å². The standard InChI is InChI=1S/C18H17ClN2O2/c1-12-5-3-4-6-14(12)11-17(20-13(2)22)18(23)21-16-9-7-15(19)8-10-16/h3-11H,1-2H3,(H,20,22)(H,21,23). The first-order valence-electron chi connectivity index (χ1n) is 7.07. The van der Waals surface area contributed by atoms with Gasteiger partial charge >= 0.3 is 0 Å². The van der Waals surface area contributed by atoms with Gasteiger partial charge in [0.05, 0.1) is 0 Å². The molecule has 0 aliphatic rings. The van der Waals surface area contributed by atoms with E-state index in [4.69, 9.17) is 11.6 Å². The summed E-state index contributed by atoms with van der Waals surface area (Å²) in [6, 6.07) is 14.4. The van der Waals surface area contributed by atoms with E-state index in [0.29, 0.717) is 10.7 Å². The molecule has 2 aromatic carbocycles. The summed E-state index contributed by atoms with van der Waals surface area (Å²) in [6.45, 7) is 3.30. The van der Waals surface area contributed by atoms with Gasteiger partial charge in [0.1, 0.15) is 5.70 Å². The molecule has 0 aliphatic heterocycles. The zero-order valence-electron chi connectivity index (χ0n) is 12.9. The molecule has 0 aliphatic carbocycles. The van der Waals surface area contributed by atoms with Gasteiger partial charge in [0.25, 0.3) is 5.91 Å². The van der Waals surface area contributed by atoms with Crippen molar-refractivity contribution in [2.45, 2.75) is 13.8 Å². The van der Waals surface area contributed by atoms with E-state index in [-0.39, 0.29) is 11.6 Å². The van der Waals surface area contributed by atoms with Gasteiger partial charge in [-0.25, -0.2) is 0 Å². The number of amides is 2. The van der Waals surface area contributed by atoms with E-state index < -0.39 is 5.91 Å². The quantitative estimate of drug-likeness (QED) is 0.839. The Morgan fingerprint density at radius 1 is 1.04 bits per heavy atom. The largest absolute Gasteiger partial charge is 0.322 e. The lowest BCUT2D eigenvalue weighted by Gasteiger charge is -2.10. The van der Waals surface area contributed by atoms with Gasteiger partial charge in [0.2, 0.25) is 5.91 Å². The SMILES string of the molecule is CC(=O)NC(=Cc1ccccc1C)C(=O)Nc1ccc(Cl)cc1. The number of halogens is 1. The second-order valence-electron chi connectivity index (χ2n) is 5.06. The summed E-state index contributed by atoms with van der Waals surface area (Å²) in [5.41, 5.74) is 2.65. The second kappa shape index (κ2) is 7.61. The molecule has 4 nitrogen and oxygen atoms in total. The van der Waals surface area contributed by atoms with Crippen LogP contribution in [0, 0.1) is 6.92 Å². The summed E-state index contributed by atoms with van der Waals surface area (Å²) in [7, 11) is 0. The molecule has 0 aromatic heterocycles. The number of aryl methyl sites for hydroxylation is 1. The maximum Gasteiger partial charge on any atom is 0.272 e. The predicted octanol–water partition coefficient (Wildman–Crippen LogP) is 3.76. The molecule has 0 fully saturated rings. The third-order valence-corrected chi connectivity index (χ3v) is 3.40. The van der Waals surface area contributed by atoms with Crippen LogP contribution in [-0.4, -0.2) is 11.8 Å². The van der Waals surface area contributed by atoms with Gasteiger partial charge in [-0.2, -0.15) is 0 Å². The van der Waals surface area contributed by atoms with E-state index in [1.165, 1.54) is 6.92 Å². The highest BCUT2D eigenvalue weighted by molar-refractivity contribution is 6.30. The Morgan fingerprint density at radius 3 is 2.30 bits per heavy atom. The lowest BCUT2D eigenvalue weighted by molar-refractivity contribution is -0.120. The summed E-state index contributed by atoms with van der Waals surface area (Å²) < 4.78 is 0. The van der Waals surface area contributed by atoms with Gasteiger partial charge in [0, 0.05) is 17.6 Å². The summed E-state index contributed by atoms with van der Waals surface area (Å²) in [5, 5.41) is 5.89. The molecule has 0 radical (unpaired) electrons. The maximum absolute atomic E-state index is 12.4. The zero-order valence-corrected chi connectivity index (χ0v) is 13.6. The van der Waals surface area contributed by atoms with Crippen LogP contribution in [0.3, 0.4) is 0 Å². The highest BCUT2D eigenvalue weighted by Gasteiger charge is 2.12. The van der Waals surface area contributed by atoms with Crippen molar-refractivity contribution in [3.63, 3.8) is 0 Å². The number of carbonyl (C=O) groups is 2. The first-order chi connectivity index (χ1) is 11.0. The normalized spacial score (nSPS) is 11.0. The number of anilines is 1. The minimum atomic E-state index is -0.397. The first kappa shape index (κ1) is 16.8. The topological polar surface area (TPSA) is 58.2 Å². The molecule has 23 heavy (non-hydrogen) atoms. The lowest BCUT2D eigenvalue weighted by atomic mass is 10.1. The van der Waals surface area contributed by atoms with E-state index in [0.717, 1.165) is 11.1 Å². The van der Waals surface area contributed by atoms with E-state index in [1.54, 1.807) is 30.3 Å². The Bertz CT molecular complexity index is 752. The van der Waals surface area contributed by atoms with Crippen LogP contribution < -0.4 is 10.6 Å². The molecule has 2 aromatic rings. The molecule has 2 amide bonds. The molecule has 118 valence electrons. The van der Waals surface area contributed by atoms with E-state index >= 15 is 0 Å². The van der Waals surface area contributed by atoms with Crippen molar-refractivity contribution in [1.29, 1.82) is 0 Å². The minimum Gasteiger partial charge on any atom is -0.322 e. The average molecular weight is 329 g/mol. The predicted molar refractivity (Wildman–Crippen MR) is 93.1 cm³/mol. The Hall–Kier alpha value is -2.59. The summed E-state index contributed by atoms with van der Waals surface area (Å²) in [5.74, 6) is -0.707. The Labute approximate surface area is 140 Å². The van der Waals surface area contributed by atoms with Gasteiger partial charge in [-0.3, -0.25) is 9.59 Å². The number of benzene rings is 2. The van der Waals surface area contributed by atoms with Crippen molar-refractivity contribution in [3.05, 3.63) is 70.4 Å². The molecular formula is C18H17ClN2O2. The highest BCUT2D eigenvalue weighted by Crippen LogP contribution is 2.15. The highest BCUT2D eigenvalue weighted by atomic mass is 35.5. The van der Waals surface area contributed by atoms with Crippen molar-refractivity contribution in [3.8, 4) is 0 Å². The number of rotatable bonds is 4. The number of hydrogen-bond donors (Lipinski definition) is 2. The fourth-order valence-electron chi connectivity index (χ4n) is 1.98. The number of nitrogens with one attached hydrogen (secondary N) is 2. The van der Waals surface area contributed by atoms with Crippen LogP contribution in [0.4, 0.5) is 5.69 Å². The fraction of sp³-hybridized carbons (Fsp3) is 0.111. The average Bonchev–Trinajstić information content (AvgIpc) is 2.50. The van der Waals surface area contributed by atoms with Crippen LogP contribution in [0.15, 0.2) is 54.2 Å². The Kier molecular flexibility index (Phi) is 5.55. The van der Waals surface area contributed by atoms with Crippen LogP contribution in [-0.2, 0) is 9.59 Å². The van der Waals surface area contributed by atoms with Gasteiger partial charge in [0.15, 0.2) is 0 Å². The monoisotopic (exact) mass is 328 g/mol.